The Morgan fingerprint density at radius 1 is 0.375 bits per heavy atom. The van der Waals surface area contributed by atoms with Crippen molar-refractivity contribution in [3.05, 3.63) is 278 Å². The molecule has 80 heavy (non-hydrogen) atoms. The van der Waals surface area contributed by atoms with E-state index in [2.05, 4.69) is 282 Å². The van der Waals surface area contributed by atoms with E-state index in [0.29, 0.717) is 17.8 Å². The predicted molar refractivity (Wildman–Crippen MR) is 338 cm³/mol. The topological polar surface area (TPSA) is 6.48 Å². The molecule has 2 nitrogen and oxygen atoms in total. The first-order chi connectivity index (χ1) is 39.1. The number of anilines is 6. The van der Waals surface area contributed by atoms with Gasteiger partial charge in [-0.25, -0.2) is 0 Å². The summed E-state index contributed by atoms with van der Waals surface area (Å²) in [5, 5.41) is 0. The molecule has 4 aliphatic carbocycles. The van der Waals surface area contributed by atoms with Gasteiger partial charge in [0.2, 0.25) is 0 Å². The molecule has 0 fully saturated rings. The first-order valence-corrected chi connectivity index (χ1v) is 29.8. The summed E-state index contributed by atoms with van der Waals surface area (Å²) in [5.41, 5.74) is 34.8. The van der Waals surface area contributed by atoms with Crippen molar-refractivity contribution in [1.82, 2.24) is 0 Å². The maximum atomic E-state index is 2.72. The second kappa shape index (κ2) is 16.3. The standard InChI is InChI=1S/C76H59BN2S/c1-43(2)47-28-33-50(34-29-47)78-67-41-58-56-22-12-15-25-61(56)75(59-23-13-8-18-52(59)53-19-9-14-24-60(53)75)65(58)42-66(67)77-71-68(78)38-46(7)39-69(71)79(51-35-30-48(31-36-51)44(3)4)72-70-57-37-32-49(45(5)6)40-64(57)76(73(70)80-74(72)77)62-26-16-10-20-54(62)55-21-11-17-27-63(55)76/h8-45H,1-7H3. The van der Waals surface area contributed by atoms with Crippen LogP contribution in [0.2, 0.25) is 0 Å². The highest BCUT2D eigenvalue weighted by atomic mass is 32.1. The number of hydrogen-bond acceptors (Lipinski definition) is 3. The zero-order valence-corrected chi connectivity index (χ0v) is 47.1. The SMILES string of the molecule is Cc1cc2c3c(c1)N(c1ccc(C(C)C)cc1)c1c(sc4c1-c1ccc(C(C)C)cc1C41c4ccccc4-c4ccccc41)B3c1cc3c(cc1N2c1ccc(C(C)C)cc1)-c1ccccc1C31c2ccccc2-c2ccccc21. The monoisotopic (exact) mass is 1040 g/mol. The Morgan fingerprint density at radius 3 is 1.30 bits per heavy atom. The van der Waals surface area contributed by atoms with Crippen LogP contribution in [0.25, 0.3) is 44.5 Å². The summed E-state index contributed by atoms with van der Waals surface area (Å²) in [5.74, 6) is 1.20. The van der Waals surface area contributed by atoms with E-state index in [1.165, 1.54) is 160 Å². The minimum Gasteiger partial charge on any atom is -0.311 e. The van der Waals surface area contributed by atoms with E-state index in [9.17, 15) is 0 Å². The van der Waals surface area contributed by atoms with E-state index in [1.54, 1.807) is 0 Å². The molecule has 2 spiro atoms. The van der Waals surface area contributed by atoms with Crippen LogP contribution in [0, 0.1) is 6.92 Å². The molecule has 382 valence electrons. The smallest absolute Gasteiger partial charge is 0.264 e. The van der Waals surface area contributed by atoms with Gasteiger partial charge in [0.05, 0.1) is 16.5 Å². The Kier molecular flexibility index (Phi) is 9.49. The molecule has 11 aromatic rings. The fourth-order valence-corrected chi connectivity index (χ4v) is 17.6. The average molecular weight is 1040 g/mol. The van der Waals surface area contributed by atoms with E-state index < -0.39 is 10.8 Å². The molecule has 0 saturated heterocycles. The Morgan fingerprint density at radius 2 is 0.800 bits per heavy atom. The molecule has 10 aromatic carbocycles. The number of rotatable bonds is 5. The van der Waals surface area contributed by atoms with Crippen LogP contribution >= 0.6 is 11.3 Å². The Balaban J connectivity index is 1.03. The summed E-state index contributed by atoms with van der Waals surface area (Å²) in [6.07, 6.45) is 0. The summed E-state index contributed by atoms with van der Waals surface area (Å²) in [7, 11) is 0. The van der Waals surface area contributed by atoms with Gasteiger partial charge in [0.1, 0.15) is 0 Å². The number of hydrogen-bond donors (Lipinski definition) is 0. The van der Waals surface area contributed by atoms with Gasteiger partial charge < -0.3 is 9.80 Å². The molecular weight excluding hydrogens is 984 g/mol. The molecule has 0 unspecified atom stereocenters. The summed E-state index contributed by atoms with van der Waals surface area (Å²) < 4.78 is 1.41. The Hall–Kier alpha value is -8.44. The summed E-state index contributed by atoms with van der Waals surface area (Å²) in [4.78, 5) is 6.79. The van der Waals surface area contributed by atoms with Crippen LogP contribution in [-0.4, -0.2) is 6.71 Å². The maximum Gasteiger partial charge on any atom is 0.264 e. The fourth-order valence-electron chi connectivity index (χ4n) is 15.9. The number of thiophene rings is 1. The summed E-state index contributed by atoms with van der Waals surface area (Å²) >= 11 is 2.10. The van der Waals surface area contributed by atoms with Gasteiger partial charge in [0, 0.05) is 43.7 Å². The maximum absolute atomic E-state index is 2.72. The van der Waals surface area contributed by atoms with Gasteiger partial charge in [-0.2, -0.15) is 0 Å². The first-order valence-electron chi connectivity index (χ1n) is 29.0. The van der Waals surface area contributed by atoms with Crippen molar-refractivity contribution in [2.24, 2.45) is 0 Å². The molecule has 4 heteroatoms. The Bertz CT molecular complexity index is 4400. The summed E-state index contributed by atoms with van der Waals surface area (Å²) in [6.45, 7) is 16.1. The highest BCUT2D eigenvalue weighted by Gasteiger charge is 2.58. The number of benzene rings is 10. The second-order valence-electron chi connectivity index (χ2n) is 24.5. The molecule has 1 aromatic heterocycles. The molecule has 6 aliphatic rings. The third-order valence-electron chi connectivity index (χ3n) is 19.5. The molecule has 3 heterocycles. The third-order valence-corrected chi connectivity index (χ3v) is 20.8. The number of fused-ring (bicyclic) bond motifs is 25. The van der Waals surface area contributed by atoms with E-state index in [4.69, 9.17) is 0 Å². The van der Waals surface area contributed by atoms with E-state index in [-0.39, 0.29) is 6.71 Å². The van der Waals surface area contributed by atoms with Crippen LogP contribution in [0.15, 0.2) is 212 Å². The number of aryl methyl sites for hydroxylation is 1. The third kappa shape index (κ3) is 5.70. The lowest BCUT2D eigenvalue weighted by molar-refractivity contribution is 0.794. The highest BCUT2D eigenvalue weighted by molar-refractivity contribution is 7.30. The van der Waals surface area contributed by atoms with Crippen LogP contribution in [-0.2, 0) is 10.8 Å². The van der Waals surface area contributed by atoms with Crippen molar-refractivity contribution < 1.29 is 0 Å². The van der Waals surface area contributed by atoms with Crippen LogP contribution in [0.1, 0.15) is 125 Å². The van der Waals surface area contributed by atoms with Crippen molar-refractivity contribution in [3.63, 3.8) is 0 Å². The molecule has 0 amide bonds. The van der Waals surface area contributed by atoms with Crippen LogP contribution in [0.5, 0.6) is 0 Å². The quantitative estimate of drug-likeness (QED) is 0.159. The largest absolute Gasteiger partial charge is 0.311 e. The molecule has 0 saturated carbocycles. The molecule has 0 atom stereocenters. The van der Waals surface area contributed by atoms with Gasteiger partial charge in [0.25, 0.3) is 6.71 Å². The molecule has 17 rings (SSSR count). The van der Waals surface area contributed by atoms with Crippen molar-refractivity contribution in [2.75, 3.05) is 9.80 Å². The van der Waals surface area contributed by atoms with Gasteiger partial charge >= 0.3 is 0 Å². The van der Waals surface area contributed by atoms with Gasteiger partial charge in [-0.05, 0) is 178 Å². The fraction of sp³-hybridized carbons (Fsp3) is 0.158. The number of nitrogens with zero attached hydrogens (tertiary/aromatic N) is 2. The molecule has 0 radical (unpaired) electrons. The van der Waals surface area contributed by atoms with Crippen LogP contribution in [0.4, 0.5) is 34.1 Å². The lowest BCUT2D eigenvalue weighted by Crippen LogP contribution is -2.60. The van der Waals surface area contributed by atoms with E-state index >= 15 is 0 Å². The van der Waals surface area contributed by atoms with E-state index in [0.717, 1.165) is 0 Å². The molecule has 2 aliphatic heterocycles. The average Bonchev–Trinajstić information content (AvgIpc) is 4.20. The zero-order valence-electron chi connectivity index (χ0n) is 46.3. The Labute approximate surface area is 474 Å². The normalized spacial score (nSPS) is 15.2. The molecule has 0 bridgehead atoms. The van der Waals surface area contributed by atoms with Gasteiger partial charge in [-0.3, -0.25) is 0 Å². The summed E-state index contributed by atoms with van der Waals surface area (Å²) in [6, 6.07) is 83.5. The van der Waals surface area contributed by atoms with Gasteiger partial charge in [0.15, 0.2) is 0 Å². The first kappa shape index (κ1) is 46.5. The van der Waals surface area contributed by atoms with Crippen molar-refractivity contribution >= 4 is 67.9 Å². The lowest BCUT2D eigenvalue weighted by Gasteiger charge is -2.44. The second-order valence-corrected chi connectivity index (χ2v) is 25.5. The minimum atomic E-state index is -0.508. The molecule has 0 N–H and O–H groups in total. The zero-order chi connectivity index (χ0) is 53.7. The predicted octanol–water partition coefficient (Wildman–Crippen LogP) is 18.2. The van der Waals surface area contributed by atoms with Crippen LogP contribution in [0.3, 0.4) is 0 Å². The lowest BCUT2D eigenvalue weighted by atomic mass is 9.35. The van der Waals surface area contributed by atoms with Gasteiger partial charge in [-0.1, -0.05) is 211 Å². The van der Waals surface area contributed by atoms with Crippen molar-refractivity contribution in [3.8, 4) is 44.5 Å². The van der Waals surface area contributed by atoms with Crippen molar-refractivity contribution in [1.29, 1.82) is 0 Å². The van der Waals surface area contributed by atoms with E-state index in [1.807, 2.05) is 0 Å². The minimum absolute atomic E-state index is 0.0844. The van der Waals surface area contributed by atoms with Crippen LogP contribution < -0.4 is 25.5 Å². The van der Waals surface area contributed by atoms with Gasteiger partial charge in [-0.15, -0.1) is 11.3 Å². The highest BCUT2D eigenvalue weighted by Crippen LogP contribution is 2.68. The van der Waals surface area contributed by atoms with Crippen molar-refractivity contribution in [2.45, 2.75) is 77.0 Å². The molecular formula is C76H59BN2S.